The fourth-order valence-electron chi connectivity index (χ4n) is 0.964. The summed E-state index contributed by atoms with van der Waals surface area (Å²) in [7, 11) is -3.73. The number of anilines is 1. The quantitative estimate of drug-likeness (QED) is 0.573. The molecule has 1 aromatic rings. The summed E-state index contributed by atoms with van der Waals surface area (Å²) in [4.78, 5) is 0. The summed E-state index contributed by atoms with van der Waals surface area (Å²) in [5.41, 5.74) is 5.17. The molecule has 0 atom stereocenters. The number of halogens is 1. The minimum Gasteiger partial charge on any atom is -0.506 e. The Balaban J connectivity index is 2.83. The fourth-order valence-corrected chi connectivity index (χ4v) is 2.05. The van der Waals surface area contributed by atoms with Gasteiger partial charge in [-0.1, -0.05) is 11.6 Å². The third kappa shape index (κ3) is 3.86. The number of benzene rings is 1. The maximum Gasteiger partial charge on any atom is 0.299 e. The molecule has 0 fully saturated rings. The van der Waals surface area contributed by atoms with E-state index in [1.807, 2.05) is 0 Å². The van der Waals surface area contributed by atoms with E-state index in [0.717, 1.165) is 0 Å². The van der Waals surface area contributed by atoms with Crippen molar-refractivity contribution in [3.8, 4) is 5.75 Å². The van der Waals surface area contributed by atoms with Crippen LogP contribution >= 0.6 is 11.6 Å². The van der Waals surface area contributed by atoms with E-state index in [0.29, 0.717) is 5.02 Å². The van der Waals surface area contributed by atoms with Gasteiger partial charge in [0.1, 0.15) is 5.75 Å². The standard InChI is InChI=1S/C8H12ClN3O3S/c9-6-1-2-8(13)7(5-6)12-16(14,15)11-4-3-10/h1-2,5,11-13H,3-4,10H2. The number of hydrogen-bond donors (Lipinski definition) is 4. The Labute approximate surface area is 98.6 Å². The van der Waals surface area contributed by atoms with E-state index in [4.69, 9.17) is 17.3 Å². The van der Waals surface area contributed by atoms with Crippen LogP contribution in [0.4, 0.5) is 5.69 Å². The van der Waals surface area contributed by atoms with Crippen molar-refractivity contribution >= 4 is 27.5 Å². The van der Waals surface area contributed by atoms with Crippen molar-refractivity contribution in [3.05, 3.63) is 23.2 Å². The van der Waals surface area contributed by atoms with Crippen LogP contribution in [0.3, 0.4) is 0 Å². The molecule has 5 N–H and O–H groups in total. The molecule has 0 aromatic heterocycles. The van der Waals surface area contributed by atoms with Gasteiger partial charge in [-0.2, -0.15) is 13.1 Å². The minimum atomic E-state index is -3.73. The molecule has 0 bridgehead atoms. The van der Waals surface area contributed by atoms with Gasteiger partial charge < -0.3 is 10.8 Å². The average Bonchev–Trinajstić information content (AvgIpc) is 2.20. The van der Waals surface area contributed by atoms with Gasteiger partial charge in [0.05, 0.1) is 5.69 Å². The van der Waals surface area contributed by atoms with Gasteiger partial charge in [-0.15, -0.1) is 0 Å². The highest BCUT2D eigenvalue weighted by atomic mass is 35.5. The zero-order chi connectivity index (χ0) is 12.2. The van der Waals surface area contributed by atoms with E-state index in [9.17, 15) is 13.5 Å². The fraction of sp³-hybridized carbons (Fsp3) is 0.250. The molecule has 6 nitrogen and oxygen atoms in total. The molecule has 1 rings (SSSR count). The van der Waals surface area contributed by atoms with Gasteiger partial charge in [0.2, 0.25) is 0 Å². The van der Waals surface area contributed by atoms with Crippen LogP contribution in [0.5, 0.6) is 5.75 Å². The van der Waals surface area contributed by atoms with Crippen molar-refractivity contribution < 1.29 is 13.5 Å². The molecular formula is C8H12ClN3O3S. The first-order valence-electron chi connectivity index (χ1n) is 4.40. The SMILES string of the molecule is NCCNS(=O)(=O)Nc1cc(Cl)ccc1O. The second-order valence-corrected chi connectivity index (χ2v) is 4.89. The predicted octanol–water partition coefficient (Wildman–Crippen LogP) is 0.251. The third-order valence-corrected chi connectivity index (χ3v) is 2.95. The normalized spacial score (nSPS) is 11.4. The van der Waals surface area contributed by atoms with Crippen molar-refractivity contribution in [1.29, 1.82) is 0 Å². The summed E-state index contributed by atoms with van der Waals surface area (Å²) in [6, 6.07) is 4.05. The lowest BCUT2D eigenvalue weighted by Crippen LogP contribution is -2.33. The molecule has 1 aromatic carbocycles. The third-order valence-electron chi connectivity index (χ3n) is 1.64. The molecule has 0 aliphatic heterocycles. The molecular weight excluding hydrogens is 254 g/mol. The minimum absolute atomic E-state index is 0.0111. The molecule has 0 radical (unpaired) electrons. The Bertz CT molecular complexity index is 464. The summed E-state index contributed by atoms with van der Waals surface area (Å²) in [6.07, 6.45) is 0. The summed E-state index contributed by atoms with van der Waals surface area (Å²) >= 11 is 5.66. The van der Waals surface area contributed by atoms with Gasteiger partial charge in [-0.25, -0.2) is 0 Å². The number of nitrogens with one attached hydrogen (secondary N) is 2. The molecule has 0 unspecified atom stereocenters. The van der Waals surface area contributed by atoms with Gasteiger partial charge in [0.15, 0.2) is 0 Å². The highest BCUT2D eigenvalue weighted by Crippen LogP contribution is 2.26. The average molecular weight is 266 g/mol. The molecule has 0 aliphatic rings. The monoisotopic (exact) mass is 265 g/mol. The summed E-state index contributed by atoms with van der Waals surface area (Å²) < 4.78 is 27.1. The Morgan fingerprint density at radius 2 is 2.12 bits per heavy atom. The van der Waals surface area contributed by atoms with E-state index in [1.54, 1.807) is 0 Å². The van der Waals surface area contributed by atoms with Crippen molar-refractivity contribution in [1.82, 2.24) is 4.72 Å². The predicted molar refractivity (Wildman–Crippen MR) is 62.7 cm³/mol. The number of phenols is 1. The Hall–Kier alpha value is -1.02. The first-order chi connectivity index (χ1) is 7.44. The number of phenolic OH excluding ortho intramolecular Hbond substituents is 1. The summed E-state index contributed by atoms with van der Waals surface area (Å²) in [5.74, 6) is -0.206. The van der Waals surface area contributed by atoms with Crippen LogP contribution in [-0.2, 0) is 10.2 Å². The highest BCUT2D eigenvalue weighted by Gasteiger charge is 2.11. The molecule has 0 saturated carbocycles. The molecule has 0 heterocycles. The lowest BCUT2D eigenvalue weighted by Gasteiger charge is -2.10. The van der Waals surface area contributed by atoms with Gasteiger partial charge in [0, 0.05) is 18.1 Å². The van der Waals surface area contributed by atoms with Crippen molar-refractivity contribution in [2.45, 2.75) is 0 Å². The van der Waals surface area contributed by atoms with Crippen LogP contribution in [0, 0.1) is 0 Å². The lowest BCUT2D eigenvalue weighted by molar-refractivity contribution is 0.477. The molecule has 0 spiro atoms. The molecule has 8 heteroatoms. The number of hydrogen-bond acceptors (Lipinski definition) is 4. The first kappa shape index (κ1) is 13.0. The van der Waals surface area contributed by atoms with Crippen LogP contribution in [0.1, 0.15) is 0 Å². The lowest BCUT2D eigenvalue weighted by atomic mass is 10.3. The molecule has 0 amide bonds. The number of rotatable bonds is 5. The maximum absolute atomic E-state index is 11.4. The van der Waals surface area contributed by atoms with E-state index < -0.39 is 10.2 Å². The van der Waals surface area contributed by atoms with Gasteiger partial charge >= 0.3 is 0 Å². The van der Waals surface area contributed by atoms with E-state index in [1.165, 1.54) is 18.2 Å². The van der Waals surface area contributed by atoms with Crippen molar-refractivity contribution in [2.24, 2.45) is 5.73 Å². The van der Waals surface area contributed by atoms with Crippen LogP contribution in [0.2, 0.25) is 5.02 Å². The van der Waals surface area contributed by atoms with Crippen LogP contribution in [-0.4, -0.2) is 26.6 Å². The largest absolute Gasteiger partial charge is 0.506 e. The zero-order valence-corrected chi connectivity index (χ0v) is 9.85. The molecule has 0 aliphatic carbocycles. The van der Waals surface area contributed by atoms with Crippen LogP contribution < -0.4 is 15.2 Å². The second-order valence-electron chi connectivity index (χ2n) is 2.95. The Morgan fingerprint density at radius 3 is 2.75 bits per heavy atom. The summed E-state index contributed by atoms with van der Waals surface area (Å²) in [5, 5.41) is 9.70. The second kappa shape index (κ2) is 5.35. The zero-order valence-electron chi connectivity index (χ0n) is 8.27. The molecule has 90 valence electrons. The Morgan fingerprint density at radius 1 is 1.44 bits per heavy atom. The van der Waals surface area contributed by atoms with Crippen molar-refractivity contribution in [2.75, 3.05) is 17.8 Å². The van der Waals surface area contributed by atoms with Crippen LogP contribution in [0.25, 0.3) is 0 Å². The molecule has 16 heavy (non-hydrogen) atoms. The van der Waals surface area contributed by atoms with Gasteiger partial charge in [-0.05, 0) is 18.2 Å². The van der Waals surface area contributed by atoms with E-state index in [2.05, 4.69) is 9.44 Å². The van der Waals surface area contributed by atoms with Gasteiger partial charge in [-0.3, -0.25) is 4.72 Å². The Kier molecular flexibility index (Phi) is 4.36. The van der Waals surface area contributed by atoms with Crippen LogP contribution in [0.15, 0.2) is 18.2 Å². The molecule has 0 saturated heterocycles. The van der Waals surface area contributed by atoms with Crippen molar-refractivity contribution in [3.63, 3.8) is 0 Å². The highest BCUT2D eigenvalue weighted by molar-refractivity contribution is 7.90. The van der Waals surface area contributed by atoms with E-state index >= 15 is 0 Å². The maximum atomic E-state index is 11.4. The number of nitrogens with two attached hydrogens (primary N) is 1. The summed E-state index contributed by atoms with van der Waals surface area (Å²) in [6.45, 7) is 0.291. The first-order valence-corrected chi connectivity index (χ1v) is 6.27. The smallest absolute Gasteiger partial charge is 0.299 e. The topological polar surface area (TPSA) is 104 Å². The van der Waals surface area contributed by atoms with E-state index in [-0.39, 0.29) is 24.5 Å². The van der Waals surface area contributed by atoms with Gasteiger partial charge in [0.25, 0.3) is 10.2 Å². The number of aromatic hydroxyl groups is 1.